The molecule has 4 nitrogen and oxygen atoms in total. The Kier molecular flexibility index (Phi) is 5.36. The minimum atomic E-state index is 0.106. The number of hydrogen-bond acceptors (Lipinski definition) is 4. The van der Waals surface area contributed by atoms with Crippen molar-refractivity contribution in [3.8, 4) is 5.75 Å². The molecular weight excluding hydrogens is 216 g/mol. The maximum atomic E-state index is 5.88. The normalized spacial score (nSPS) is 11.9. The molecule has 0 saturated heterocycles. The van der Waals surface area contributed by atoms with E-state index in [9.17, 15) is 0 Å². The number of nitrogens with one attached hydrogen (secondary N) is 1. The molecule has 0 bridgehead atoms. The first kappa shape index (κ1) is 13.4. The van der Waals surface area contributed by atoms with Crippen molar-refractivity contribution < 1.29 is 9.47 Å². The molecule has 3 N–H and O–H groups in total. The third-order valence-electron chi connectivity index (χ3n) is 2.34. The van der Waals surface area contributed by atoms with E-state index in [2.05, 4.69) is 11.9 Å². The fourth-order valence-corrected chi connectivity index (χ4v) is 1.37. The van der Waals surface area contributed by atoms with Crippen molar-refractivity contribution in [3.63, 3.8) is 0 Å². The number of nitrogens with two attached hydrogens (primary N) is 1. The summed E-state index contributed by atoms with van der Waals surface area (Å²) in [4.78, 5) is 0. The Morgan fingerprint density at radius 3 is 2.88 bits per heavy atom. The van der Waals surface area contributed by atoms with Gasteiger partial charge >= 0.3 is 0 Å². The molecule has 1 unspecified atom stereocenters. The van der Waals surface area contributed by atoms with Crippen LogP contribution in [0.3, 0.4) is 0 Å². The average Bonchev–Trinajstić information content (AvgIpc) is 2.34. The predicted molar refractivity (Wildman–Crippen MR) is 71.5 cm³/mol. The minimum absolute atomic E-state index is 0.106. The highest BCUT2D eigenvalue weighted by atomic mass is 16.5. The number of hydrogen-bond donors (Lipinski definition) is 2. The highest BCUT2D eigenvalue weighted by Crippen LogP contribution is 2.23. The van der Waals surface area contributed by atoms with E-state index in [0.29, 0.717) is 18.8 Å². The Morgan fingerprint density at radius 2 is 2.29 bits per heavy atom. The van der Waals surface area contributed by atoms with Gasteiger partial charge in [-0.3, -0.25) is 0 Å². The maximum absolute atomic E-state index is 5.88. The highest BCUT2D eigenvalue weighted by molar-refractivity contribution is 5.68. The SMILES string of the molecule is C=CCOC(C)CNc1ccc(OC)cc1N. The second-order valence-electron chi connectivity index (χ2n) is 3.77. The molecule has 1 atom stereocenters. The number of rotatable bonds is 7. The molecule has 0 aliphatic rings. The molecule has 0 amide bonds. The van der Waals surface area contributed by atoms with Gasteiger partial charge in [0.2, 0.25) is 0 Å². The van der Waals surface area contributed by atoms with Gasteiger partial charge < -0.3 is 20.5 Å². The van der Waals surface area contributed by atoms with Gasteiger partial charge in [-0.25, -0.2) is 0 Å². The van der Waals surface area contributed by atoms with Crippen molar-refractivity contribution in [1.29, 1.82) is 0 Å². The van der Waals surface area contributed by atoms with Gasteiger partial charge in [0.05, 0.1) is 31.2 Å². The van der Waals surface area contributed by atoms with Crippen LogP contribution in [-0.2, 0) is 4.74 Å². The van der Waals surface area contributed by atoms with Gasteiger partial charge in [-0.2, -0.15) is 0 Å². The lowest BCUT2D eigenvalue weighted by molar-refractivity contribution is 0.0980. The topological polar surface area (TPSA) is 56.5 Å². The maximum Gasteiger partial charge on any atom is 0.121 e. The van der Waals surface area contributed by atoms with E-state index in [0.717, 1.165) is 11.4 Å². The number of ether oxygens (including phenoxy) is 2. The molecule has 4 heteroatoms. The second-order valence-corrected chi connectivity index (χ2v) is 3.77. The summed E-state index contributed by atoms with van der Waals surface area (Å²) in [5, 5.41) is 3.23. The Balaban J connectivity index is 2.48. The fraction of sp³-hybridized carbons (Fsp3) is 0.385. The molecule has 0 spiro atoms. The summed E-state index contributed by atoms with van der Waals surface area (Å²) in [5.41, 5.74) is 7.44. The zero-order valence-electron chi connectivity index (χ0n) is 10.4. The van der Waals surface area contributed by atoms with Crippen LogP contribution in [0.25, 0.3) is 0 Å². The third-order valence-corrected chi connectivity index (χ3v) is 2.34. The summed E-state index contributed by atoms with van der Waals surface area (Å²) in [6.45, 7) is 6.86. The van der Waals surface area contributed by atoms with Crippen LogP contribution in [-0.4, -0.2) is 26.4 Å². The number of anilines is 2. The highest BCUT2D eigenvalue weighted by Gasteiger charge is 2.04. The summed E-state index contributed by atoms with van der Waals surface area (Å²) in [7, 11) is 1.62. The van der Waals surface area contributed by atoms with E-state index in [1.165, 1.54) is 0 Å². The first-order valence-corrected chi connectivity index (χ1v) is 5.57. The van der Waals surface area contributed by atoms with Crippen LogP contribution in [0.2, 0.25) is 0 Å². The second kappa shape index (κ2) is 6.81. The van der Waals surface area contributed by atoms with Gasteiger partial charge in [-0.05, 0) is 19.1 Å². The van der Waals surface area contributed by atoms with Crippen molar-refractivity contribution in [3.05, 3.63) is 30.9 Å². The Hall–Kier alpha value is -1.68. The minimum Gasteiger partial charge on any atom is -0.497 e. The van der Waals surface area contributed by atoms with Crippen LogP contribution in [0.15, 0.2) is 30.9 Å². The number of methoxy groups -OCH3 is 1. The summed E-state index contributed by atoms with van der Waals surface area (Å²) in [5.74, 6) is 0.754. The molecule has 1 aromatic carbocycles. The number of nitrogen functional groups attached to an aromatic ring is 1. The van der Waals surface area contributed by atoms with Crippen molar-refractivity contribution in [1.82, 2.24) is 0 Å². The van der Waals surface area contributed by atoms with E-state index in [4.69, 9.17) is 15.2 Å². The van der Waals surface area contributed by atoms with Gasteiger partial charge in [0.15, 0.2) is 0 Å². The van der Waals surface area contributed by atoms with E-state index in [1.54, 1.807) is 19.3 Å². The molecule has 1 rings (SSSR count). The quantitative estimate of drug-likeness (QED) is 0.563. The monoisotopic (exact) mass is 236 g/mol. The summed E-state index contributed by atoms with van der Waals surface area (Å²) in [6, 6.07) is 5.56. The van der Waals surface area contributed by atoms with Crippen LogP contribution in [0, 0.1) is 0 Å². The van der Waals surface area contributed by atoms with Crippen LogP contribution < -0.4 is 15.8 Å². The Bertz CT molecular complexity index is 366. The average molecular weight is 236 g/mol. The summed E-state index contributed by atoms with van der Waals surface area (Å²) in [6.07, 6.45) is 1.84. The van der Waals surface area contributed by atoms with Crippen molar-refractivity contribution in [2.45, 2.75) is 13.0 Å². The summed E-state index contributed by atoms with van der Waals surface area (Å²) < 4.78 is 10.5. The molecule has 94 valence electrons. The zero-order chi connectivity index (χ0) is 12.7. The lowest BCUT2D eigenvalue weighted by atomic mass is 10.2. The van der Waals surface area contributed by atoms with E-state index in [1.807, 2.05) is 19.1 Å². The largest absolute Gasteiger partial charge is 0.497 e. The van der Waals surface area contributed by atoms with Gasteiger partial charge in [0.1, 0.15) is 5.75 Å². The molecule has 0 aliphatic heterocycles. The lowest BCUT2D eigenvalue weighted by Crippen LogP contribution is -2.20. The predicted octanol–water partition coefficient (Wildman–Crippen LogP) is 2.28. The van der Waals surface area contributed by atoms with Gasteiger partial charge in [0, 0.05) is 12.6 Å². The molecule has 0 aliphatic carbocycles. The third kappa shape index (κ3) is 4.36. The van der Waals surface area contributed by atoms with E-state index < -0.39 is 0 Å². The van der Waals surface area contributed by atoms with Crippen molar-refractivity contribution in [2.24, 2.45) is 0 Å². The molecule has 0 aromatic heterocycles. The fourth-order valence-electron chi connectivity index (χ4n) is 1.37. The van der Waals surface area contributed by atoms with Crippen LogP contribution in [0.5, 0.6) is 5.75 Å². The molecule has 1 aromatic rings. The summed E-state index contributed by atoms with van der Waals surface area (Å²) >= 11 is 0. The van der Waals surface area contributed by atoms with E-state index >= 15 is 0 Å². The lowest BCUT2D eigenvalue weighted by Gasteiger charge is -2.15. The molecule has 0 saturated carbocycles. The zero-order valence-corrected chi connectivity index (χ0v) is 10.4. The van der Waals surface area contributed by atoms with Crippen LogP contribution >= 0.6 is 0 Å². The molecule has 0 heterocycles. The first-order chi connectivity index (χ1) is 8.17. The van der Waals surface area contributed by atoms with Gasteiger partial charge in [0.25, 0.3) is 0 Å². The number of benzene rings is 1. The van der Waals surface area contributed by atoms with Gasteiger partial charge in [-0.15, -0.1) is 6.58 Å². The Morgan fingerprint density at radius 1 is 1.53 bits per heavy atom. The van der Waals surface area contributed by atoms with Crippen LogP contribution in [0.1, 0.15) is 6.92 Å². The van der Waals surface area contributed by atoms with Crippen molar-refractivity contribution >= 4 is 11.4 Å². The molecule has 17 heavy (non-hydrogen) atoms. The van der Waals surface area contributed by atoms with Crippen LogP contribution in [0.4, 0.5) is 11.4 Å². The standard InChI is InChI=1S/C13H20N2O2/c1-4-7-17-10(2)9-15-13-6-5-11(16-3)8-12(13)14/h4-6,8,10,15H,1,7,9,14H2,2-3H3. The molecule has 0 fully saturated rings. The van der Waals surface area contributed by atoms with Crippen molar-refractivity contribution in [2.75, 3.05) is 31.3 Å². The molecular formula is C13H20N2O2. The van der Waals surface area contributed by atoms with E-state index in [-0.39, 0.29) is 6.10 Å². The van der Waals surface area contributed by atoms with Gasteiger partial charge in [-0.1, -0.05) is 6.08 Å². The smallest absolute Gasteiger partial charge is 0.121 e. The Labute approximate surface area is 102 Å². The molecule has 0 radical (unpaired) electrons. The first-order valence-electron chi connectivity index (χ1n) is 5.57.